The molecule has 0 aromatic carbocycles. The second-order valence-electron chi connectivity index (χ2n) is 4.60. The highest BCUT2D eigenvalue weighted by Crippen LogP contribution is 2.16. The maximum atomic E-state index is 11.8. The highest BCUT2D eigenvalue weighted by Gasteiger charge is 2.26. The zero-order chi connectivity index (χ0) is 13.0. The molecule has 1 amide bonds. The minimum atomic E-state index is 0.0104. The summed E-state index contributed by atoms with van der Waals surface area (Å²) in [4.78, 5) is 13.6. The molecular weight excluding hydrogens is 230 g/mol. The van der Waals surface area contributed by atoms with Crippen LogP contribution in [-0.2, 0) is 4.79 Å². The van der Waals surface area contributed by atoms with Crippen molar-refractivity contribution in [3.63, 3.8) is 0 Å². The summed E-state index contributed by atoms with van der Waals surface area (Å²) in [6.07, 6.45) is 4.10. The van der Waals surface area contributed by atoms with Gasteiger partial charge in [0.15, 0.2) is 0 Å². The second-order valence-corrected chi connectivity index (χ2v) is 4.60. The third-order valence-electron chi connectivity index (χ3n) is 2.70. The summed E-state index contributed by atoms with van der Waals surface area (Å²) in [6.45, 7) is 5.18. The van der Waals surface area contributed by atoms with Gasteiger partial charge in [0, 0.05) is 31.3 Å². The molecule has 0 radical (unpaired) electrons. The first-order valence-electron chi connectivity index (χ1n) is 6.03. The van der Waals surface area contributed by atoms with Gasteiger partial charge in [0.25, 0.3) is 0 Å². The number of hydrogen-bond donors (Lipinski definition) is 0. The van der Waals surface area contributed by atoms with Gasteiger partial charge in [0.2, 0.25) is 11.8 Å². The van der Waals surface area contributed by atoms with E-state index >= 15 is 0 Å². The second kappa shape index (κ2) is 5.62. The van der Waals surface area contributed by atoms with E-state index in [9.17, 15) is 4.79 Å². The van der Waals surface area contributed by atoms with Crippen molar-refractivity contribution in [1.29, 1.82) is 0 Å². The normalized spacial score (nSPS) is 18.6. The Morgan fingerprint density at radius 2 is 2.39 bits per heavy atom. The molecule has 1 atom stereocenters. The number of aromatic nitrogens is 2. The van der Waals surface area contributed by atoms with Crippen molar-refractivity contribution in [2.45, 2.75) is 26.4 Å². The minimum absolute atomic E-state index is 0.0104. The van der Waals surface area contributed by atoms with Crippen LogP contribution in [0.4, 0.5) is 0 Å². The Balaban J connectivity index is 1.89. The molecule has 2 rings (SSSR count). The van der Waals surface area contributed by atoms with E-state index in [4.69, 9.17) is 4.74 Å². The molecule has 5 nitrogen and oxygen atoms in total. The number of hydrogen-bond acceptors (Lipinski definition) is 4. The largest absolute Gasteiger partial charge is 0.471 e. The van der Waals surface area contributed by atoms with E-state index in [0.717, 1.165) is 18.5 Å². The maximum absolute atomic E-state index is 11.8. The Kier molecular flexibility index (Phi) is 3.92. The van der Waals surface area contributed by atoms with Gasteiger partial charge in [-0.25, -0.2) is 0 Å². The molecule has 0 spiro atoms. The average Bonchev–Trinajstić information content (AvgIpc) is 2.78. The fourth-order valence-corrected chi connectivity index (χ4v) is 1.88. The van der Waals surface area contributed by atoms with Crippen molar-refractivity contribution in [3.05, 3.63) is 30.0 Å². The van der Waals surface area contributed by atoms with Crippen LogP contribution in [-0.4, -0.2) is 40.2 Å². The number of rotatable bonds is 3. The van der Waals surface area contributed by atoms with Crippen LogP contribution in [0.25, 0.3) is 0 Å². The number of carbonyl (C=O) groups excluding carboxylic acids is 1. The maximum Gasteiger partial charge on any atom is 0.246 e. The van der Waals surface area contributed by atoms with Gasteiger partial charge in [-0.15, -0.1) is 5.10 Å². The third-order valence-corrected chi connectivity index (χ3v) is 2.70. The molecule has 0 aliphatic carbocycles. The number of amides is 1. The Bertz CT molecular complexity index is 441. The molecule has 1 saturated heterocycles. The summed E-state index contributed by atoms with van der Waals surface area (Å²) in [5, 5.41) is 7.63. The zero-order valence-corrected chi connectivity index (χ0v) is 10.7. The summed E-state index contributed by atoms with van der Waals surface area (Å²) in [5.74, 6) is 0.569. The lowest BCUT2D eigenvalue weighted by molar-refractivity contribution is -0.125. The third kappa shape index (κ3) is 3.29. The lowest BCUT2D eigenvalue weighted by Crippen LogP contribution is -2.29. The Labute approximate surface area is 106 Å². The number of nitrogens with zero attached hydrogens (tertiary/aromatic N) is 3. The molecule has 1 aliphatic rings. The number of allylic oxidation sites excluding steroid dienone is 1. The van der Waals surface area contributed by atoms with Gasteiger partial charge < -0.3 is 9.64 Å². The van der Waals surface area contributed by atoms with Crippen LogP contribution in [0, 0.1) is 0 Å². The molecule has 96 valence electrons. The smallest absolute Gasteiger partial charge is 0.246 e. The van der Waals surface area contributed by atoms with Crippen LogP contribution in [0.3, 0.4) is 0 Å². The summed E-state index contributed by atoms with van der Waals surface area (Å²) in [5.41, 5.74) is 1.01. The van der Waals surface area contributed by atoms with Crippen molar-refractivity contribution in [2.75, 3.05) is 13.1 Å². The predicted molar refractivity (Wildman–Crippen MR) is 67.1 cm³/mol. The van der Waals surface area contributed by atoms with E-state index < -0.39 is 0 Å². The van der Waals surface area contributed by atoms with Crippen molar-refractivity contribution < 1.29 is 9.53 Å². The van der Waals surface area contributed by atoms with E-state index in [1.165, 1.54) is 0 Å². The summed E-state index contributed by atoms with van der Waals surface area (Å²) in [6, 6.07) is 3.55. The minimum Gasteiger partial charge on any atom is -0.471 e. The molecule has 0 saturated carbocycles. The highest BCUT2D eigenvalue weighted by molar-refractivity contribution is 5.88. The Hall–Kier alpha value is -1.91. The molecule has 5 heteroatoms. The summed E-state index contributed by atoms with van der Waals surface area (Å²) in [7, 11) is 0. The first-order valence-corrected chi connectivity index (χ1v) is 6.03. The van der Waals surface area contributed by atoms with Crippen LogP contribution in [0.15, 0.2) is 30.0 Å². The SMILES string of the molecule is CC(C)=CC(=O)N1CC[C@@H](Oc2cccnn2)C1. The molecule has 18 heavy (non-hydrogen) atoms. The summed E-state index contributed by atoms with van der Waals surface area (Å²) < 4.78 is 5.67. The number of likely N-dealkylation sites (tertiary alicyclic amines) is 1. The van der Waals surface area contributed by atoms with E-state index in [1.807, 2.05) is 13.8 Å². The Morgan fingerprint density at radius 3 is 3.06 bits per heavy atom. The lowest BCUT2D eigenvalue weighted by Gasteiger charge is -2.15. The van der Waals surface area contributed by atoms with Gasteiger partial charge in [-0.05, 0) is 19.9 Å². The fraction of sp³-hybridized carbons (Fsp3) is 0.462. The first-order chi connectivity index (χ1) is 8.65. The zero-order valence-electron chi connectivity index (χ0n) is 10.7. The molecule has 1 fully saturated rings. The van der Waals surface area contributed by atoms with Crippen LogP contribution < -0.4 is 4.74 Å². The predicted octanol–water partition coefficient (Wildman–Crippen LogP) is 1.42. The van der Waals surface area contributed by atoms with Crippen molar-refractivity contribution in [1.82, 2.24) is 15.1 Å². The standard InChI is InChI=1S/C13H17N3O2/c1-10(2)8-13(17)16-7-5-11(9-16)18-12-4-3-6-14-15-12/h3-4,6,8,11H,5,7,9H2,1-2H3/t11-/m1/s1. The van der Waals surface area contributed by atoms with Gasteiger partial charge in [0.05, 0.1) is 6.54 Å². The van der Waals surface area contributed by atoms with E-state index in [1.54, 1.807) is 29.3 Å². The van der Waals surface area contributed by atoms with Crippen LogP contribution in [0.1, 0.15) is 20.3 Å². The highest BCUT2D eigenvalue weighted by atomic mass is 16.5. The number of carbonyl (C=O) groups is 1. The fourth-order valence-electron chi connectivity index (χ4n) is 1.88. The summed E-state index contributed by atoms with van der Waals surface area (Å²) >= 11 is 0. The molecule has 2 heterocycles. The molecule has 1 aliphatic heterocycles. The number of ether oxygens (including phenoxy) is 1. The van der Waals surface area contributed by atoms with E-state index in [0.29, 0.717) is 12.4 Å². The van der Waals surface area contributed by atoms with Gasteiger partial charge in [-0.3, -0.25) is 4.79 Å². The molecular formula is C13H17N3O2. The van der Waals surface area contributed by atoms with Gasteiger partial charge in [-0.1, -0.05) is 5.57 Å². The van der Waals surface area contributed by atoms with Crippen LogP contribution in [0.5, 0.6) is 5.88 Å². The quantitative estimate of drug-likeness (QED) is 0.758. The molecule has 1 aromatic rings. The molecule has 0 bridgehead atoms. The van der Waals surface area contributed by atoms with Crippen LogP contribution >= 0.6 is 0 Å². The average molecular weight is 247 g/mol. The van der Waals surface area contributed by atoms with Gasteiger partial charge >= 0.3 is 0 Å². The van der Waals surface area contributed by atoms with E-state index in [2.05, 4.69) is 10.2 Å². The molecule has 0 unspecified atom stereocenters. The molecule has 1 aromatic heterocycles. The van der Waals surface area contributed by atoms with Crippen LogP contribution in [0.2, 0.25) is 0 Å². The lowest BCUT2D eigenvalue weighted by atomic mass is 10.3. The van der Waals surface area contributed by atoms with Gasteiger partial charge in [0.1, 0.15) is 6.10 Å². The monoisotopic (exact) mass is 247 g/mol. The Morgan fingerprint density at radius 1 is 1.56 bits per heavy atom. The van der Waals surface area contributed by atoms with Crippen molar-refractivity contribution in [2.24, 2.45) is 0 Å². The van der Waals surface area contributed by atoms with Crippen molar-refractivity contribution >= 4 is 5.91 Å². The van der Waals surface area contributed by atoms with Gasteiger partial charge in [-0.2, -0.15) is 5.10 Å². The molecule has 0 N–H and O–H groups in total. The topological polar surface area (TPSA) is 55.3 Å². The van der Waals surface area contributed by atoms with E-state index in [-0.39, 0.29) is 12.0 Å². The first kappa shape index (κ1) is 12.5. The van der Waals surface area contributed by atoms with Crippen molar-refractivity contribution in [3.8, 4) is 5.88 Å².